The van der Waals surface area contributed by atoms with Crippen molar-refractivity contribution in [3.8, 4) is 0 Å². The molecule has 0 radical (unpaired) electrons. The Morgan fingerprint density at radius 2 is 1.83 bits per heavy atom. The highest BCUT2D eigenvalue weighted by atomic mass is 35.5. The summed E-state index contributed by atoms with van der Waals surface area (Å²) in [4.78, 5) is 17.9. The number of thiazole rings is 1. The van der Waals surface area contributed by atoms with Gasteiger partial charge in [-0.2, -0.15) is 0 Å². The van der Waals surface area contributed by atoms with Crippen molar-refractivity contribution in [2.45, 2.75) is 13.3 Å². The normalized spacial score (nSPS) is 10.5. The number of carbonyl (C=O) groups excluding carboxylic acids is 1. The van der Waals surface area contributed by atoms with Crippen LogP contribution in [0.15, 0.2) is 54.6 Å². The zero-order chi connectivity index (χ0) is 16.2. The average Bonchev–Trinajstić information content (AvgIpc) is 2.88. The molecule has 0 aliphatic heterocycles. The third-order valence-electron chi connectivity index (χ3n) is 3.44. The summed E-state index contributed by atoms with van der Waals surface area (Å²) < 4.78 is 0. The highest BCUT2D eigenvalue weighted by Gasteiger charge is 2.14. The minimum atomic E-state index is -0.240. The molecule has 0 saturated carbocycles. The van der Waals surface area contributed by atoms with Gasteiger partial charge in [-0.1, -0.05) is 54.1 Å². The standard InChI is InChI=1S/C18H15ClN2OS/c1-12-16(11-13-7-3-2-4-8-13)23-18(20-12)21-17(22)14-9-5-6-10-15(14)19/h2-10H,11H2,1H3,(H,20,21,22). The van der Waals surface area contributed by atoms with Gasteiger partial charge in [0, 0.05) is 11.3 Å². The number of aromatic nitrogens is 1. The Morgan fingerprint density at radius 3 is 2.57 bits per heavy atom. The molecule has 0 saturated heterocycles. The van der Waals surface area contributed by atoms with Gasteiger partial charge >= 0.3 is 0 Å². The van der Waals surface area contributed by atoms with Gasteiger partial charge in [-0.25, -0.2) is 4.98 Å². The Morgan fingerprint density at radius 1 is 1.13 bits per heavy atom. The zero-order valence-electron chi connectivity index (χ0n) is 12.5. The SMILES string of the molecule is Cc1nc(NC(=O)c2ccccc2Cl)sc1Cc1ccccc1. The van der Waals surface area contributed by atoms with E-state index in [4.69, 9.17) is 11.6 Å². The topological polar surface area (TPSA) is 42.0 Å². The summed E-state index contributed by atoms with van der Waals surface area (Å²) >= 11 is 7.55. The van der Waals surface area contributed by atoms with Gasteiger partial charge in [-0.3, -0.25) is 10.1 Å². The second kappa shape index (κ2) is 6.94. The van der Waals surface area contributed by atoms with E-state index in [1.165, 1.54) is 16.9 Å². The van der Waals surface area contributed by atoms with Crippen molar-refractivity contribution in [2.75, 3.05) is 5.32 Å². The predicted molar refractivity (Wildman–Crippen MR) is 95.5 cm³/mol. The van der Waals surface area contributed by atoms with E-state index >= 15 is 0 Å². The predicted octanol–water partition coefficient (Wildman–Crippen LogP) is 4.95. The molecule has 0 aliphatic rings. The first-order chi connectivity index (χ1) is 11.1. The van der Waals surface area contributed by atoms with Crippen molar-refractivity contribution in [3.05, 3.63) is 81.3 Å². The van der Waals surface area contributed by atoms with Crippen molar-refractivity contribution >= 4 is 34.0 Å². The van der Waals surface area contributed by atoms with E-state index in [1.807, 2.05) is 25.1 Å². The fourth-order valence-corrected chi connectivity index (χ4v) is 3.45. The second-order valence-electron chi connectivity index (χ2n) is 5.12. The molecule has 5 heteroatoms. The summed E-state index contributed by atoms with van der Waals surface area (Å²) in [5.41, 5.74) is 2.61. The van der Waals surface area contributed by atoms with Gasteiger partial charge in [-0.15, -0.1) is 11.3 Å². The Balaban J connectivity index is 1.76. The monoisotopic (exact) mass is 342 g/mol. The Hall–Kier alpha value is -2.17. The lowest BCUT2D eigenvalue weighted by Crippen LogP contribution is -2.12. The van der Waals surface area contributed by atoms with E-state index in [-0.39, 0.29) is 5.91 Å². The third-order valence-corrected chi connectivity index (χ3v) is 4.84. The van der Waals surface area contributed by atoms with Gasteiger partial charge in [0.25, 0.3) is 5.91 Å². The molecule has 1 aromatic heterocycles. The van der Waals surface area contributed by atoms with E-state index < -0.39 is 0 Å². The van der Waals surface area contributed by atoms with Crippen LogP contribution >= 0.6 is 22.9 Å². The lowest BCUT2D eigenvalue weighted by molar-refractivity contribution is 0.102. The molecule has 3 rings (SSSR count). The van der Waals surface area contributed by atoms with Crippen LogP contribution < -0.4 is 5.32 Å². The van der Waals surface area contributed by atoms with Gasteiger partial charge < -0.3 is 0 Å². The fraction of sp³-hybridized carbons (Fsp3) is 0.111. The number of benzene rings is 2. The Bertz CT molecular complexity index is 830. The summed E-state index contributed by atoms with van der Waals surface area (Å²) in [5, 5.41) is 3.86. The smallest absolute Gasteiger partial charge is 0.258 e. The molecule has 3 nitrogen and oxygen atoms in total. The lowest BCUT2D eigenvalue weighted by atomic mass is 10.1. The van der Waals surface area contributed by atoms with E-state index in [0.29, 0.717) is 15.7 Å². The fourth-order valence-electron chi connectivity index (χ4n) is 2.24. The maximum absolute atomic E-state index is 12.3. The summed E-state index contributed by atoms with van der Waals surface area (Å²) in [7, 11) is 0. The van der Waals surface area contributed by atoms with Crippen molar-refractivity contribution in [2.24, 2.45) is 0 Å². The molecule has 3 aromatic rings. The molecule has 116 valence electrons. The van der Waals surface area contributed by atoms with Crippen molar-refractivity contribution < 1.29 is 4.79 Å². The molecule has 0 atom stereocenters. The largest absolute Gasteiger partial charge is 0.298 e. The number of halogens is 1. The van der Waals surface area contributed by atoms with Gasteiger partial charge in [0.1, 0.15) is 0 Å². The van der Waals surface area contributed by atoms with Crippen LogP contribution in [-0.2, 0) is 6.42 Å². The average molecular weight is 343 g/mol. The first kappa shape index (κ1) is 15.7. The number of carbonyl (C=O) groups is 1. The van der Waals surface area contributed by atoms with Crippen LogP contribution in [0.25, 0.3) is 0 Å². The number of rotatable bonds is 4. The molecule has 1 amide bonds. The minimum absolute atomic E-state index is 0.240. The number of nitrogens with zero attached hydrogens (tertiary/aromatic N) is 1. The van der Waals surface area contributed by atoms with Crippen LogP contribution in [0.1, 0.15) is 26.5 Å². The molecule has 1 N–H and O–H groups in total. The van der Waals surface area contributed by atoms with E-state index in [9.17, 15) is 4.79 Å². The second-order valence-corrected chi connectivity index (χ2v) is 6.61. The Labute approximate surface area is 144 Å². The van der Waals surface area contributed by atoms with Crippen molar-refractivity contribution in [1.29, 1.82) is 0 Å². The molecular formula is C18H15ClN2OS. The summed E-state index contributed by atoms with van der Waals surface area (Å²) in [6.07, 6.45) is 0.812. The maximum Gasteiger partial charge on any atom is 0.258 e. The van der Waals surface area contributed by atoms with Crippen LogP contribution in [0.5, 0.6) is 0 Å². The number of amides is 1. The summed E-state index contributed by atoms with van der Waals surface area (Å²) in [5.74, 6) is -0.240. The van der Waals surface area contributed by atoms with Gasteiger partial charge in [0.05, 0.1) is 16.3 Å². The van der Waals surface area contributed by atoms with Crippen molar-refractivity contribution in [1.82, 2.24) is 4.98 Å². The molecule has 0 unspecified atom stereocenters. The molecular weight excluding hydrogens is 328 g/mol. The third kappa shape index (κ3) is 3.78. The van der Waals surface area contributed by atoms with Gasteiger partial charge in [0.15, 0.2) is 5.13 Å². The van der Waals surface area contributed by atoms with Gasteiger partial charge in [-0.05, 0) is 24.6 Å². The molecule has 1 heterocycles. The van der Waals surface area contributed by atoms with Crippen LogP contribution in [0, 0.1) is 6.92 Å². The zero-order valence-corrected chi connectivity index (χ0v) is 14.1. The Kier molecular flexibility index (Phi) is 4.74. The van der Waals surface area contributed by atoms with Crippen molar-refractivity contribution in [3.63, 3.8) is 0 Å². The van der Waals surface area contributed by atoms with E-state index in [1.54, 1.807) is 24.3 Å². The summed E-state index contributed by atoms with van der Waals surface area (Å²) in [6.45, 7) is 1.96. The van der Waals surface area contributed by atoms with E-state index in [0.717, 1.165) is 17.0 Å². The number of nitrogens with one attached hydrogen (secondary N) is 1. The number of hydrogen-bond acceptors (Lipinski definition) is 3. The highest BCUT2D eigenvalue weighted by molar-refractivity contribution is 7.15. The lowest BCUT2D eigenvalue weighted by Gasteiger charge is -2.03. The van der Waals surface area contributed by atoms with Crippen LogP contribution in [0.2, 0.25) is 5.02 Å². The molecule has 0 fully saturated rings. The summed E-state index contributed by atoms with van der Waals surface area (Å²) in [6, 6.07) is 17.2. The number of hydrogen-bond donors (Lipinski definition) is 1. The molecule has 0 spiro atoms. The van der Waals surface area contributed by atoms with Crippen LogP contribution in [-0.4, -0.2) is 10.9 Å². The highest BCUT2D eigenvalue weighted by Crippen LogP contribution is 2.26. The molecule has 0 aliphatic carbocycles. The number of aryl methyl sites for hydroxylation is 1. The van der Waals surface area contributed by atoms with Gasteiger partial charge in [0.2, 0.25) is 0 Å². The molecule has 23 heavy (non-hydrogen) atoms. The first-order valence-corrected chi connectivity index (χ1v) is 8.39. The van der Waals surface area contributed by atoms with Crippen LogP contribution in [0.4, 0.5) is 5.13 Å². The molecule has 0 bridgehead atoms. The maximum atomic E-state index is 12.3. The number of anilines is 1. The molecule has 2 aromatic carbocycles. The minimum Gasteiger partial charge on any atom is -0.298 e. The first-order valence-electron chi connectivity index (χ1n) is 7.19. The quantitative estimate of drug-likeness (QED) is 0.729. The van der Waals surface area contributed by atoms with E-state index in [2.05, 4.69) is 22.4 Å². The van der Waals surface area contributed by atoms with Crippen LogP contribution in [0.3, 0.4) is 0 Å².